The summed E-state index contributed by atoms with van der Waals surface area (Å²) in [4.78, 5) is 7.50. The van der Waals surface area contributed by atoms with Crippen LogP contribution in [-0.2, 0) is 6.42 Å². The Morgan fingerprint density at radius 2 is 2.25 bits per heavy atom. The van der Waals surface area contributed by atoms with Crippen LogP contribution in [0.3, 0.4) is 0 Å². The van der Waals surface area contributed by atoms with Gasteiger partial charge in [0.2, 0.25) is 5.95 Å². The third-order valence-electron chi connectivity index (χ3n) is 3.09. The monoisotopic (exact) mass is 287 g/mol. The van der Waals surface area contributed by atoms with Crippen molar-refractivity contribution in [1.82, 2.24) is 20.2 Å². The van der Waals surface area contributed by atoms with Gasteiger partial charge >= 0.3 is 0 Å². The molecule has 0 saturated heterocycles. The number of aromatic amines is 1. The van der Waals surface area contributed by atoms with Crippen LogP contribution in [0.1, 0.15) is 11.3 Å². The Balaban J connectivity index is 1.69. The predicted molar refractivity (Wildman–Crippen MR) is 80.1 cm³/mol. The highest BCUT2D eigenvalue weighted by Gasteiger charge is 2.04. The van der Waals surface area contributed by atoms with Crippen LogP contribution in [-0.4, -0.2) is 26.7 Å². The molecule has 0 aliphatic rings. The lowest BCUT2D eigenvalue weighted by Gasteiger charge is -2.04. The Labute approximate surface area is 121 Å². The van der Waals surface area contributed by atoms with Gasteiger partial charge in [-0.1, -0.05) is 11.6 Å². The highest BCUT2D eigenvalue weighted by Crippen LogP contribution is 2.22. The van der Waals surface area contributed by atoms with E-state index in [1.807, 2.05) is 31.3 Å². The van der Waals surface area contributed by atoms with Gasteiger partial charge in [-0.25, -0.2) is 4.98 Å². The number of benzene rings is 1. The third-order valence-corrected chi connectivity index (χ3v) is 3.32. The molecule has 2 heterocycles. The molecule has 2 aromatic heterocycles. The minimum atomic E-state index is 0.558. The number of hydrogen-bond acceptors (Lipinski definition) is 4. The fourth-order valence-electron chi connectivity index (χ4n) is 2.13. The summed E-state index contributed by atoms with van der Waals surface area (Å²) in [6.07, 6.45) is 4.50. The summed E-state index contributed by atoms with van der Waals surface area (Å²) < 4.78 is 0. The summed E-state index contributed by atoms with van der Waals surface area (Å²) in [6.45, 7) is 2.63. The highest BCUT2D eigenvalue weighted by molar-refractivity contribution is 6.31. The highest BCUT2D eigenvalue weighted by atomic mass is 35.5. The van der Waals surface area contributed by atoms with Crippen molar-refractivity contribution in [1.29, 1.82) is 0 Å². The number of nitrogens with one attached hydrogen (secondary N) is 2. The van der Waals surface area contributed by atoms with Gasteiger partial charge in [0.15, 0.2) is 0 Å². The number of aryl methyl sites for hydroxylation is 1. The van der Waals surface area contributed by atoms with Gasteiger partial charge in [0, 0.05) is 28.7 Å². The van der Waals surface area contributed by atoms with E-state index >= 15 is 0 Å². The molecule has 102 valence electrons. The molecule has 0 bridgehead atoms. The number of aromatic nitrogens is 4. The fraction of sp³-hybridized carbons (Fsp3) is 0.214. The zero-order valence-corrected chi connectivity index (χ0v) is 11.8. The Morgan fingerprint density at radius 1 is 1.35 bits per heavy atom. The quantitative estimate of drug-likeness (QED) is 0.774. The van der Waals surface area contributed by atoms with E-state index in [2.05, 4.69) is 25.5 Å². The Bertz CT molecular complexity index is 737. The van der Waals surface area contributed by atoms with Gasteiger partial charge in [-0.3, -0.25) is 0 Å². The Kier molecular flexibility index (Phi) is 3.52. The second-order valence-corrected chi connectivity index (χ2v) is 5.04. The van der Waals surface area contributed by atoms with Crippen LogP contribution in [0.25, 0.3) is 10.9 Å². The second kappa shape index (κ2) is 5.46. The van der Waals surface area contributed by atoms with Gasteiger partial charge in [-0.05, 0) is 37.1 Å². The van der Waals surface area contributed by atoms with Crippen molar-refractivity contribution >= 4 is 28.5 Å². The number of anilines is 1. The minimum Gasteiger partial charge on any atom is -0.361 e. The maximum absolute atomic E-state index is 6.04. The molecular formula is C14H14ClN5. The predicted octanol–water partition coefficient (Wildman–Crippen LogP) is 2.97. The van der Waals surface area contributed by atoms with E-state index in [1.54, 1.807) is 6.20 Å². The minimum absolute atomic E-state index is 0.558. The summed E-state index contributed by atoms with van der Waals surface area (Å²) in [5.41, 5.74) is 3.16. The molecule has 0 aliphatic heterocycles. The first-order chi connectivity index (χ1) is 9.72. The molecule has 20 heavy (non-hydrogen) atoms. The molecule has 5 nitrogen and oxygen atoms in total. The van der Waals surface area contributed by atoms with Crippen molar-refractivity contribution in [2.24, 2.45) is 0 Å². The van der Waals surface area contributed by atoms with Crippen molar-refractivity contribution in [2.75, 3.05) is 11.9 Å². The molecular weight excluding hydrogens is 274 g/mol. The fourth-order valence-corrected chi connectivity index (χ4v) is 2.30. The van der Waals surface area contributed by atoms with Crippen LogP contribution < -0.4 is 5.32 Å². The van der Waals surface area contributed by atoms with E-state index in [9.17, 15) is 0 Å². The van der Waals surface area contributed by atoms with E-state index in [0.717, 1.165) is 34.6 Å². The van der Waals surface area contributed by atoms with Crippen LogP contribution in [0, 0.1) is 6.92 Å². The van der Waals surface area contributed by atoms with E-state index in [0.29, 0.717) is 5.95 Å². The van der Waals surface area contributed by atoms with E-state index in [4.69, 9.17) is 11.6 Å². The van der Waals surface area contributed by atoms with Gasteiger partial charge in [-0.2, -0.15) is 5.10 Å². The first-order valence-electron chi connectivity index (χ1n) is 6.38. The van der Waals surface area contributed by atoms with Crippen molar-refractivity contribution in [3.8, 4) is 0 Å². The summed E-state index contributed by atoms with van der Waals surface area (Å²) in [7, 11) is 0. The van der Waals surface area contributed by atoms with Crippen LogP contribution in [0.4, 0.5) is 5.95 Å². The van der Waals surface area contributed by atoms with Gasteiger partial charge < -0.3 is 10.3 Å². The smallest absolute Gasteiger partial charge is 0.242 e. The number of halogens is 1. The molecule has 3 rings (SSSR count). The summed E-state index contributed by atoms with van der Waals surface area (Å²) in [5.74, 6) is 0.558. The molecule has 0 aliphatic carbocycles. The maximum Gasteiger partial charge on any atom is 0.242 e. The summed E-state index contributed by atoms with van der Waals surface area (Å²) in [6, 6.07) is 5.85. The van der Waals surface area contributed by atoms with Crippen LogP contribution in [0.15, 0.2) is 30.6 Å². The van der Waals surface area contributed by atoms with Crippen LogP contribution in [0.2, 0.25) is 5.02 Å². The molecule has 0 unspecified atom stereocenters. The first-order valence-corrected chi connectivity index (χ1v) is 6.76. The van der Waals surface area contributed by atoms with Crippen molar-refractivity contribution in [3.05, 3.63) is 46.9 Å². The standard InChI is InChI=1S/C14H14ClN5/c1-9-7-18-20-14(19-9)16-5-4-10-8-17-13-3-2-11(15)6-12(10)13/h2-3,6-8,17H,4-5H2,1H3,(H,16,19,20). The van der Waals surface area contributed by atoms with Gasteiger partial charge in [0.25, 0.3) is 0 Å². The lowest BCUT2D eigenvalue weighted by molar-refractivity contribution is 0.909. The van der Waals surface area contributed by atoms with Crippen molar-refractivity contribution in [3.63, 3.8) is 0 Å². The molecule has 0 fully saturated rings. The molecule has 0 spiro atoms. The van der Waals surface area contributed by atoms with Gasteiger partial charge in [-0.15, -0.1) is 5.10 Å². The van der Waals surface area contributed by atoms with E-state index < -0.39 is 0 Å². The second-order valence-electron chi connectivity index (χ2n) is 4.60. The van der Waals surface area contributed by atoms with Gasteiger partial charge in [0.05, 0.1) is 11.9 Å². The zero-order valence-electron chi connectivity index (χ0n) is 11.0. The van der Waals surface area contributed by atoms with E-state index in [1.165, 1.54) is 5.56 Å². The zero-order chi connectivity index (χ0) is 13.9. The molecule has 0 saturated carbocycles. The molecule has 0 atom stereocenters. The van der Waals surface area contributed by atoms with Crippen LogP contribution >= 0.6 is 11.6 Å². The van der Waals surface area contributed by atoms with Gasteiger partial charge in [0.1, 0.15) is 0 Å². The molecule has 2 N–H and O–H groups in total. The first kappa shape index (κ1) is 12.9. The lowest BCUT2D eigenvalue weighted by Crippen LogP contribution is -2.08. The summed E-state index contributed by atoms with van der Waals surface area (Å²) >= 11 is 6.04. The van der Waals surface area contributed by atoms with Crippen molar-refractivity contribution < 1.29 is 0 Å². The Hall–Kier alpha value is -2.14. The van der Waals surface area contributed by atoms with Crippen molar-refractivity contribution in [2.45, 2.75) is 13.3 Å². The lowest BCUT2D eigenvalue weighted by atomic mass is 10.1. The van der Waals surface area contributed by atoms with E-state index in [-0.39, 0.29) is 0 Å². The Morgan fingerprint density at radius 3 is 3.10 bits per heavy atom. The average Bonchev–Trinajstić information content (AvgIpc) is 2.82. The molecule has 6 heteroatoms. The molecule has 0 radical (unpaired) electrons. The number of rotatable bonds is 4. The number of H-pyrrole nitrogens is 1. The third kappa shape index (κ3) is 2.72. The maximum atomic E-state index is 6.04. The molecule has 3 aromatic rings. The number of nitrogens with zero attached hydrogens (tertiary/aromatic N) is 3. The number of hydrogen-bond donors (Lipinski definition) is 2. The SMILES string of the molecule is Cc1cnnc(NCCc2c[nH]c3ccc(Cl)cc23)n1. The molecule has 1 aromatic carbocycles. The largest absolute Gasteiger partial charge is 0.361 e. The van der Waals surface area contributed by atoms with Crippen LogP contribution in [0.5, 0.6) is 0 Å². The normalized spacial score (nSPS) is 10.9. The molecule has 0 amide bonds. The topological polar surface area (TPSA) is 66.5 Å². The average molecular weight is 288 g/mol. The summed E-state index contributed by atoms with van der Waals surface area (Å²) in [5, 5.41) is 12.9. The number of fused-ring (bicyclic) bond motifs is 1.